The predicted octanol–water partition coefficient (Wildman–Crippen LogP) is 2.38. The van der Waals surface area contributed by atoms with Crippen molar-refractivity contribution in [1.82, 2.24) is 10.2 Å². The number of phenols is 1. The Labute approximate surface area is 119 Å². The minimum absolute atomic E-state index is 0.298. The van der Waals surface area contributed by atoms with Gasteiger partial charge in [-0.1, -0.05) is 6.07 Å². The van der Waals surface area contributed by atoms with E-state index in [0.717, 1.165) is 6.07 Å². The first-order valence-electron chi connectivity index (χ1n) is 6.86. The van der Waals surface area contributed by atoms with Gasteiger partial charge < -0.3 is 10.4 Å². The van der Waals surface area contributed by atoms with Crippen molar-refractivity contribution in [1.29, 1.82) is 0 Å². The number of aromatic hydroxyl groups is 1. The molecule has 4 nitrogen and oxygen atoms in total. The lowest BCUT2D eigenvalue weighted by atomic mass is 10.1. The van der Waals surface area contributed by atoms with E-state index >= 15 is 0 Å². The van der Waals surface area contributed by atoms with Gasteiger partial charge in [-0.25, -0.2) is 4.39 Å². The third-order valence-corrected chi connectivity index (χ3v) is 3.20. The fourth-order valence-electron chi connectivity index (χ4n) is 2.24. The Hall–Kier alpha value is -1.62. The summed E-state index contributed by atoms with van der Waals surface area (Å²) < 4.78 is 13.5. The molecule has 0 fully saturated rings. The molecular weight excluding hydrogens is 259 g/mol. The quantitative estimate of drug-likeness (QED) is 0.842. The highest BCUT2D eigenvalue weighted by atomic mass is 19.1. The van der Waals surface area contributed by atoms with Crippen molar-refractivity contribution >= 4 is 5.91 Å². The van der Waals surface area contributed by atoms with Crippen LogP contribution in [0.2, 0.25) is 0 Å². The summed E-state index contributed by atoms with van der Waals surface area (Å²) in [5, 5.41) is 12.2. The fraction of sp³-hybridized carbons (Fsp3) is 0.533. The Bertz CT molecular complexity index is 433. The molecule has 5 heteroatoms. The number of carbonyl (C=O) groups is 1. The molecule has 1 amide bonds. The van der Waals surface area contributed by atoms with Gasteiger partial charge in [-0.3, -0.25) is 9.69 Å². The van der Waals surface area contributed by atoms with Crippen LogP contribution in [0, 0.1) is 5.82 Å². The first-order chi connectivity index (χ1) is 9.34. The third-order valence-electron chi connectivity index (χ3n) is 3.20. The zero-order valence-corrected chi connectivity index (χ0v) is 12.5. The Morgan fingerprint density at radius 3 is 2.40 bits per heavy atom. The van der Waals surface area contributed by atoms with Gasteiger partial charge in [-0.2, -0.15) is 0 Å². The van der Waals surface area contributed by atoms with Crippen molar-refractivity contribution in [2.24, 2.45) is 0 Å². The van der Waals surface area contributed by atoms with Crippen molar-refractivity contribution < 1.29 is 14.3 Å². The van der Waals surface area contributed by atoms with Crippen LogP contribution in [0.3, 0.4) is 0 Å². The Morgan fingerprint density at radius 1 is 1.30 bits per heavy atom. The number of hydrogen-bond acceptors (Lipinski definition) is 3. The maximum Gasteiger partial charge on any atom is 0.258 e. The van der Waals surface area contributed by atoms with E-state index in [4.69, 9.17) is 0 Å². The Morgan fingerprint density at radius 2 is 1.90 bits per heavy atom. The van der Waals surface area contributed by atoms with Crippen LogP contribution in [0.1, 0.15) is 38.1 Å². The molecule has 0 aliphatic carbocycles. The van der Waals surface area contributed by atoms with Crippen LogP contribution in [0.15, 0.2) is 18.2 Å². The number of nitrogens with zero attached hydrogens (tertiary/aromatic N) is 1. The molecule has 1 rings (SSSR count). The fourth-order valence-corrected chi connectivity index (χ4v) is 2.24. The van der Waals surface area contributed by atoms with Crippen LogP contribution >= 0.6 is 0 Å². The van der Waals surface area contributed by atoms with Gasteiger partial charge in [-0.05, 0) is 39.8 Å². The number of halogens is 1. The maximum absolute atomic E-state index is 13.5. The highest BCUT2D eigenvalue weighted by Crippen LogP contribution is 2.19. The van der Waals surface area contributed by atoms with E-state index < -0.39 is 11.7 Å². The van der Waals surface area contributed by atoms with Gasteiger partial charge in [0.05, 0.1) is 0 Å². The number of carbonyl (C=O) groups excluding carboxylic acids is 1. The third kappa shape index (κ3) is 4.20. The molecule has 112 valence electrons. The summed E-state index contributed by atoms with van der Waals surface area (Å²) in [6.07, 6.45) is 0. The minimum atomic E-state index is -0.716. The highest BCUT2D eigenvalue weighted by Gasteiger charge is 2.17. The molecule has 1 aromatic carbocycles. The van der Waals surface area contributed by atoms with E-state index in [1.807, 2.05) is 0 Å². The number of amides is 1. The Kier molecular flexibility index (Phi) is 5.95. The normalized spacial score (nSPS) is 11.4. The number of rotatable bonds is 6. The molecule has 0 radical (unpaired) electrons. The second-order valence-electron chi connectivity index (χ2n) is 5.32. The van der Waals surface area contributed by atoms with Gasteiger partial charge in [0.2, 0.25) is 0 Å². The van der Waals surface area contributed by atoms with Crippen LogP contribution in [-0.4, -0.2) is 41.1 Å². The van der Waals surface area contributed by atoms with E-state index in [1.54, 1.807) is 0 Å². The highest BCUT2D eigenvalue weighted by molar-refractivity contribution is 5.97. The summed E-state index contributed by atoms with van der Waals surface area (Å²) in [4.78, 5) is 14.1. The molecule has 0 saturated carbocycles. The first-order valence-corrected chi connectivity index (χ1v) is 6.86. The van der Waals surface area contributed by atoms with Gasteiger partial charge in [0.25, 0.3) is 5.91 Å². The van der Waals surface area contributed by atoms with Gasteiger partial charge in [0.15, 0.2) is 0 Å². The summed E-state index contributed by atoms with van der Waals surface area (Å²) in [5.41, 5.74) is -0.298. The van der Waals surface area contributed by atoms with Crippen LogP contribution < -0.4 is 5.32 Å². The molecule has 1 aromatic rings. The van der Waals surface area contributed by atoms with Crippen molar-refractivity contribution in [3.05, 3.63) is 29.6 Å². The van der Waals surface area contributed by atoms with Crippen LogP contribution in [-0.2, 0) is 0 Å². The van der Waals surface area contributed by atoms with Crippen molar-refractivity contribution in [3.63, 3.8) is 0 Å². The molecule has 2 N–H and O–H groups in total. The van der Waals surface area contributed by atoms with E-state index in [1.165, 1.54) is 12.1 Å². The second kappa shape index (κ2) is 7.24. The lowest BCUT2D eigenvalue weighted by Crippen LogP contribution is -2.42. The zero-order valence-electron chi connectivity index (χ0n) is 12.5. The second-order valence-corrected chi connectivity index (χ2v) is 5.32. The Balaban J connectivity index is 2.60. The molecule has 0 atom stereocenters. The molecule has 0 bridgehead atoms. The smallest absolute Gasteiger partial charge is 0.258 e. The molecule has 0 unspecified atom stereocenters. The molecule has 0 aromatic heterocycles. The number of hydrogen-bond donors (Lipinski definition) is 2. The molecule has 20 heavy (non-hydrogen) atoms. The number of nitrogens with one attached hydrogen (secondary N) is 1. The first kappa shape index (κ1) is 16.4. The molecule has 0 spiro atoms. The standard InChI is InChI=1S/C15H23FN2O2/c1-10(2)18(11(3)4)9-8-17-15(20)14-12(16)6-5-7-13(14)19/h5-7,10-11,19H,8-9H2,1-4H3,(H,17,20). The maximum atomic E-state index is 13.5. The SMILES string of the molecule is CC(C)N(CCNC(=O)c1c(O)cccc1F)C(C)C. The van der Waals surface area contributed by atoms with Crippen LogP contribution in [0.5, 0.6) is 5.75 Å². The lowest BCUT2D eigenvalue weighted by molar-refractivity contribution is 0.0932. The molecule has 0 heterocycles. The average molecular weight is 282 g/mol. The summed E-state index contributed by atoms with van der Waals surface area (Å²) in [6.45, 7) is 9.43. The predicted molar refractivity (Wildman–Crippen MR) is 77.4 cm³/mol. The monoisotopic (exact) mass is 282 g/mol. The lowest BCUT2D eigenvalue weighted by Gasteiger charge is -2.30. The average Bonchev–Trinajstić information content (AvgIpc) is 2.33. The van der Waals surface area contributed by atoms with Gasteiger partial charge >= 0.3 is 0 Å². The van der Waals surface area contributed by atoms with Crippen molar-refractivity contribution in [2.75, 3.05) is 13.1 Å². The molecular formula is C15H23FN2O2. The largest absolute Gasteiger partial charge is 0.507 e. The molecule has 0 saturated heterocycles. The van der Waals surface area contributed by atoms with Crippen LogP contribution in [0.25, 0.3) is 0 Å². The summed E-state index contributed by atoms with van der Waals surface area (Å²) in [6, 6.07) is 4.55. The topological polar surface area (TPSA) is 52.6 Å². The number of phenolic OH excluding ortho intramolecular Hbond substituents is 1. The van der Waals surface area contributed by atoms with Gasteiger partial charge in [0.1, 0.15) is 17.1 Å². The van der Waals surface area contributed by atoms with Crippen LogP contribution in [0.4, 0.5) is 4.39 Å². The van der Waals surface area contributed by atoms with Gasteiger partial charge in [-0.15, -0.1) is 0 Å². The summed E-state index contributed by atoms with van der Waals surface area (Å²) >= 11 is 0. The minimum Gasteiger partial charge on any atom is -0.507 e. The van der Waals surface area contributed by atoms with Crippen molar-refractivity contribution in [3.8, 4) is 5.75 Å². The van der Waals surface area contributed by atoms with E-state index in [9.17, 15) is 14.3 Å². The summed E-state index contributed by atoms with van der Waals surface area (Å²) in [7, 11) is 0. The summed E-state index contributed by atoms with van der Waals surface area (Å²) in [5.74, 6) is -1.65. The van der Waals surface area contributed by atoms with E-state index in [0.29, 0.717) is 25.2 Å². The zero-order chi connectivity index (χ0) is 15.3. The van der Waals surface area contributed by atoms with Crippen molar-refractivity contribution in [2.45, 2.75) is 39.8 Å². The van der Waals surface area contributed by atoms with E-state index in [2.05, 4.69) is 37.9 Å². The molecule has 0 aliphatic heterocycles. The number of benzene rings is 1. The molecule has 0 aliphatic rings. The van der Waals surface area contributed by atoms with E-state index in [-0.39, 0.29) is 11.3 Å². The van der Waals surface area contributed by atoms with Gasteiger partial charge in [0, 0.05) is 25.2 Å².